The van der Waals surface area contributed by atoms with E-state index in [2.05, 4.69) is 32.6 Å². The summed E-state index contributed by atoms with van der Waals surface area (Å²) >= 11 is 0. The van der Waals surface area contributed by atoms with Gasteiger partial charge >= 0.3 is 0 Å². The van der Waals surface area contributed by atoms with E-state index < -0.39 is 0 Å². The number of nitrogens with two attached hydrogens (primary N) is 1. The Morgan fingerprint density at radius 3 is 2.06 bits per heavy atom. The minimum Gasteiger partial charge on any atom is -0.329 e. The zero-order valence-corrected chi connectivity index (χ0v) is 11.4. The fraction of sp³-hybridized carbons (Fsp3) is 1.00. The van der Waals surface area contributed by atoms with Crippen molar-refractivity contribution in [2.75, 3.05) is 19.6 Å². The van der Waals surface area contributed by atoms with Crippen LogP contribution in [0.5, 0.6) is 0 Å². The lowest BCUT2D eigenvalue weighted by Crippen LogP contribution is -2.61. The Bertz CT molecular complexity index is 233. The van der Waals surface area contributed by atoms with Gasteiger partial charge in [0, 0.05) is 25.2 Å². The molecule has 2 N–H and O–H groups in total. The van der Waals surface area contributed by atoms with Crippen LogP contribution < -0.4 is 5.73 Å². The summed E-state index contributed by atoms with van der Waals surface area (Å²) in [5, 5.41) is 0. The van der Waals surface area contributed by atoms with E-state index >= 15 is 0 Å². The summed E-state index contributed by atoms with van der Waals surface area (Å²) in [6.45, 7) is 12.9. The zero-order valence-electron chi connectivity index (χ0n) is 11.4. The summed E-state index contributed by atoms with van der Waals surface area (Å²) in [5.41, 5.74) is 6.43. The third-order valence-corrected chi connectivity index (χ3v) is 5.27. The fourth-order valence-electron chi connectivity index (χ4n) is 3.46. The lowest BCUT2D eigenvalue weighted by molar-refractivity contribution is -0.0242. The molecule has 1 aliphatic carbocycles. The molecular weight excluding hydrogens is 196 g/mol. The molecule has 0 radical (unpaired) electrons. The van der Waals surface area contributed by atoms with Crippen LogP contribution in [0.25, 0.3) is 0 Å². The summed E-state index contributed by atoms with van der Waals surface area (Å²) in [6, 6.07) is 0. The number of hydrogen-bond donors (Lipinski definition) is 1. The van der Waals surface area contributed by atoms with Gasteiger partial charge in [0.2, 0.25) is 0 Å². The van der Waals surface area contributed by atoms with Crippen molar-refractivity contribution < 1.29 is 0 Å². The van der Waals surface area contributed by atoms with E-state index in [0.717, 1.165) is 30.2 Å². The molecule has 2 fully saturated rings. The summed E-state index contributed by atoms with van der Waals surface area (Å²) in [4.78, 5) is 2.70. The molecule has 0 aromatic heterocycles. The maximum atomic E-state index is 6.06. The van der Waals surface area contributed by atoms with Gasteiger partial charge in [-0.2, -0.15) is 0 Å². The van der Waals surface area contributed by atoms with Crippen LogP contribution in [-0.2, 0) is 0 Å². The molecule has 0 amide bonds. The van der Waals surface area contributed by atoms with Gasteiger partial charge in [0.25, 0.3) is 0 Å². The highest BCUT2D eigenvalue weighted by Gasteiger charge is 2.50. The molecule has 16 heavy (non-hydrogen) atoms. The molecule has 94 valence electrons. The first-order chi connectivity index (χ1) is 7.48. The fourth-order valence-corrected chi connectivity index (χ4v) is 3.46. The number of rotatable bonds is 3. The number of likely N-dealkylation sites (tertiary alicyclic amines) is 1. The van der Waals surface area contributed by atoms with E-state index in [1.807, 2.05) is 0 Å². The van der Waals surface area contributed by atoms with Gasteiger partial charge in [-0.15, -0.1) is 0 Å². The van der Waals surface area contributed by atoms with Gasteiger partial charge in [-0.25, -0.2) is 0 Å². The van der Waals surface area contributed by atoms with E-state index in [1.165, 1.54) is 25.9 Å². The topological polar surface area (TPSA) is 29.3 Å². The van der Waals surface area contributed by atoms with Gasteiger partial charge in [-0.3, -0.25) is 4.90 Å². The Kier molecular flexibility index (Phi) is 3.33. The Hall–Kier alpha value is -0.0800. The summed E-state index contributed by atoms with van der Waals surface area (Å²) in [7, 11) is 0. The first-order valence-electron chi connectivity index (χ1n) is 6.93. The second kappa shape index (κ2) is 4.30. The van der Waals surface area contributed by atoms with Crippen LogP contribution in [0.1, 0.15) is 40.5 Å². The highest BCUT2D eigenvalue weighted by molar-refractivity contribution is 5.06. The van der Waals surface area contributed by atoms with E-state index in [-0.39, 0.29) is 0 Å². The molecule has 0 aromatic carbocycles. The maximum absolute atomic E-state index is 6.06. The molecule has 2 atom stereocenters. The zero-order chi connectivity index (χ0) is 11.9. The molecule has 2 heteroatoms. The minimum atomic E-state index is 0.369. The summed E-state index contributed by atoms with van der Waals surface area (Å²) < 4.78 is 0. The van der Waals surface area contributed by atoms with Crippen molar-refractivity contribution in [2.24, 2.45) is 29.4 Å². The highest BCUT2D eigenvalue weighted by Crippen LogP contribution is 2.47. The monoisotopic (exact) mass is 224 g/mol. The third kappa shape index (κ3) is 1.91. The largest absolute Gasteiger partial charge is 0.329 e. The molecular formula is C14H28N2. The molecule has 1 heterocycles. The molecule has 0 bridgehead atoms. The molecule has 1 saturated carbocycles. The quantitative estimate of drug-likeness (QED) is 0.797. The summed E-state index contributed by atoms with van der Waals surface area (Å²) in [6.07, 6.45) is 2.67. The van der Waals surface area contributed by atoms with Gasteiger partial charge < -0.3 is 5.73 Å². The van der Waals surface area contributed by atoms with Gasteiger partial charge in [-0.05, 0) is 36.5 Å². The van der Waals surface area contributed by atoms with Gasteiger partial charge in [0.05, 0.1) is 0 Å². The SMILES string of the molecule is CC(C)C1CC(CN)(N2CC(C)C(C)C2)C1. The van der Waals surface area contributed by atoms with Crippen LogP contribution in [0.2, 0.25) is 0 Å². The Morgan fingerprint density at radius 1 is 1.19 bits per heavy atom. The highest BCUT2D eigenvalue weighted by atomic mass is 15.2. The van der Waals surface area contributed by atoms with Crippen molar-refractivity contribution in [2.45, 2.75) is 46.1 Å². The molecule has 0 aromatic rings. The Balaban J connectivity index is 1.98. The van der Waals surface area contributed by atoms with Crippen LogP contribution in [-0.4, -0.2) is 30.1 Å². The minimum absolute atomic E-state index is 0.369. The van der Waals surface area contributed by atoms with Crippen molar-refractivity contribution >= 4 is 0 Å². The van der Waals surface area contributed by atoms with E-state index in [9.17, 15) is 0 Å². The van der Waals surface area contributed by atoms with Gasteiger partial charge in [0.1, 0.15) is 0 Å². The Morgan fingerprint density at radius 2 is 1.69 bits per heavy atom. The van der Waals surface area contributed by atoms with Crippen molar-refractivity contribution in [3.05, 3.63) is 0 Å². The summed E-state index contributed by atoms with van der Waals surface area (Å²) in [5.74, 6) is 3.44. The average Bonchev–Trinajstić information content (AvgIpc) is 2.46. The molecule has 2 rings (SSSR count). The van der Waals surface area contributed by atoms with Crippen molar-refractivity contribution in [1.29, 1.82) is 0 Å². The van der Waals surface area contributed by atoms with Crippen molar-refractivity contribution in [1.82, 2.24) is 4.90 Å². The second-order valence-electron chi connectivity index (χ2n) is 6.70. The number of nitrogens with zero attached hydrogens (tertiary/aromatic N) is 1. The standard InChI is InChI=1S/C14H28N2/c1-10(2)13-5-14(6-13,9-15)16-7-11(3)12(4)8-16/h10-13H,5-9,15H2,1-4H3. The first-order valence-corrected chi connectivity index (χ1v) is 6.93. The van der Waals surface area contributed by atoms with E-state index in [4.69, 9.17) is 5.73 Å². The van der Waals surface area contributed by atoms with Crippen LogP contribution in [0.4, 0.5) is 0 Å². The normalized spacial score (nSPS) is 45.0. The Labute approximate surface area is 101 Å². The number of hydrogen-bond acceptors (Lipinski definition) is 2. The third-order valence-electron chi connectivity index (χ3n) is 5.27. The predicted molar refractivity (Wildman–Crippen MR) is 69.2 cm³/mol. The average molecular weight is 224 g/mol. The molecule has 1 saturated heterocycles. The molecule has 2 unspecified atom stereocenters. The lowest BCUT2D eigenvalue weighted by atomic mass is 9.63. The second-order valence-corrected chi connectivity index (χ2v) is 6.70. The first kappa shape index (κ1) is 12.4. The smallest absolute Gasteiger partial charge is 0.0337 e. The van der Waals surface area contributed by atoms with Crippen LogP contribution in [0, 0.1) is 23.7 Å². The van der Waals surface area contributed by atoms with Crippen LogP contribution in [0.3, 0.4) is 0 Å². The maximum Gasteiger partial charge on any atom is 0.0337 e. The van der Waals surface area contributed by atoms with Crippen molar-refractivity contribution in [3.63, 3.8) is 0 Å². The van der Waals surface area contributed by atoms with Crippen molar-refractivity contribution in [3.8, 4) is 0 Å². The van der Waals surface area contributed by atoms with E-state index in [1.54, 1.807) is 0 Å². The van der Waals surface area contributed by atoms with Gasteiger partial charge in [-0.1, -0.05) is 27.7 Å². The lowest BCUT2D eigenvalue weighted by Gasteiger charge is -2.54. The predicted octanol–water partition coefficient (Wildman–Crippen LogP) is 2.34. The van der Waals surface area contributed by atoms with E-state index in [0.29, 0.717) is 5.54 Å². The molecule has 0 spiro atoms. The van der Waals surface area contributed by atoms with Crippen LogP contribution >= 0.6 is 0 Å². The molecule has 2 aliphatic rings. The molecule has 2 nitrogen and oxygen atoms in total. The molecule has 1 aliphatic heterocycles. The van der Waals surface area contributed by atoms with Gasteiger partial charge in [0.15, 0.2) is 0 Å². The van der Waals surface area contributed by atoms with Crippen LogP contribution in [0.15, 0.2) is 0 Å².